The van der Waals surface area contributed by atoms with E-state index in [1.165, 1.54) is 40.6 Å². The van der Waals surface area contributed by atoms with Gasteiger partial charge in [-0.15, -0.1) is 0 Å². The number of Topliss-reactive ketones (excluding diaryl/α,β-unsaturated/α-hetero) is 1. The SMILES string of the molecule is COc1ccc(CC(=O)c2cc(OC)c(OC)c(OC)c2)cc1F. The van der Waals surface area contributed by atoms with Gasteiger partial charge in [0.15, 0.2) is 28.8 Å². The Morgan fingerprint density at radius 3 is 1.92 bits per heavy atom. The van der Waals surface area contributed by atoms with Crippen molar-refractivity contribution in [1.82, 2.24) is 0 Å². The zero-order valence-electron chi connectivity index (χ0n) is 14.0. The summed E-state index contributed by atoms with van der Waals surface area (Å²) < 4.78 is 34.3. The van der Waals surface area contributed by atoms with Gasteiger partial charge < -0.3 is 18.9 Å². The van der Waals surface area contributed by atoms with E-state index in [1.54, 1.807) is 18.2 Å². The van der Waals surface area contributed by atoms with Crippen LogP contribution >= 0.6 is 0 Å². The molecule has 0 unspecified atom stereocenters. The van der Waals surface area contributed by atoms with Crippen molar-refractivity contribution in [1.29, 1.82) is 0 Å². The van der Waals surface area contributed by atoms with E-state index in [1.807, 2.05) is 0 Å². The lowest BCUT2D eigenvalue weighted by molar-refractivity contribution is 0.0992. The highest BCUT2D eigenvalue weighted by molar-refractivity contribution is 5.98. The molecule has 0 N–H and O–H groups in total. The average molecular weight is 334 g/mol. The molecule has 0 aliphatic carbocycles. The van der Waals surface area contributed by atoms with Gasteiger partial charge in [0.05, 0.1) is 28.4 Å². The van der Waals surface area contributed by atoms with Crippen molar-refractivity contribution in [2.45, 2.75) is 6.42 Å². The number of hydrogen-bond acceptors (Lipinski definition) is 5. The van der Waals surface area contributed by atoms with E-state index >= 15 is 0 Å². The van der Waals surface area contributed by atoms with Crippen LogP contribution in [0.15, 0.2) is 30.3 Å². The summed E-state index contributed by atoms with van der Waals surface area (Å²) in [5.74, 6) is 0.625. The molecular formula is C18H19FO5. The van der Waals surface area contributed by atoms with Gasteiger partial charge in [0.2, 0.25) is 5.75 Å². The summed E-state index contributed by atoms with van der Waals surface area (Å²) >= 11 is 0. The van der Waals surface area contributed by atoms with Crippen LogP contribution in [0.4, 0.5) is 4.39 Å². The van der Waals surface area contributed by atoms with Gasteiger partial charge in [-0.3, -0.25) is 4.79 Å². The molecule has 0 saturated heterocycles. The molecule has 0 fully saturated rings. The van der Waals surface area contributed by atoms with Crippen LogP contribution in [-0.4, -0.2) is 34.2 Å². The fraction of sp³-hybridized carbons (Fsp3) is 0.278. The smallest absolute Gasteiger partial charge is 0.203 e. The maximum absolute atomic E-state index is 13.7. The first kappa shape index (κ1) is 17.6. The van der Waals surface area contributed by atoms with Crippen molar-refractivity contribution in [2.24, 2.45) is 0 Å². The van der Waals surface area contributed by atoms with Crippen LogP contribution < -0.4 is 18.9 Å². The van der Waals surface area contributed by atoms with E-state index in [4.69, 9.17) is 18.9 Å². The zero-order chi connectivity index (χ0) is 17.7. The van der Waals surface area contributed by atoms with Gasteiger partial charge in [-0.25, -0.2) is 4.39 Å². The Bertz CT molecular complexity index is 717. The van der Waals surface area contributed by atoms with Crippen molar-refractivity contribution in [2.75, 3.05) is 28.4 Å². The first-order valence-corrected chi connectivity index (χ1v) is 7.19. The van der Waals surface area contributed by atoms with Crippen molar-refractivity contribution in [3.63, 3.8) is 0 Å². The number of ether oxygens (including phenoxy) is 4. The summed E-state index contributed by atoms with van der Waals surface area (Å²) in [7, 11) is 5.83. The molecule has 2 rings (SSSR count). The van der Waals surface area contributed by atoms with E-state index in [-0.39, 0.29) is 18.0 Å². The maximum atomic E-state index is 13.7. The van der Waals surface area contributed by atoms with Gasteiger partial charge in [-0.1, -0.05) is 6.07 Å². The third-order valence-corrected chi connectivity index (χ3v) is 3.57. The van der Waals surface area contributed by atoms with Crippen LogP contribution in [0.3, 0.4) is 0 Å². The molecule has 0 heterocycles. The highest BCUT2D eigenvalue weighted by Crippen LogP contribution is 2.38. The molecule has 2 aromatic carbocycles. The Hall–Kier alpha value is -2.76. The van der Waals surface area contributed by atoms with Crippen LogP contribution in [0, 0.1) is 5.82 Å². The summed E-state index contributed by atoms with van der Waals surface area (Å²) in [6, 6.07) is 7.58. The number of halogens is 1. The molecule has 128 valence electrons. The topological polar surface area (TPSA) is 54.0 Å². The number of carbonyl (C=O) groups excluding carboxylic acids is 1. The lowest BCUT2D eigenvalue weighted by Crippen LogP contribution is -2.06. The monoisotopic (exact) mass is 334 g/mol. The van der Waals surface area contributed by atoms with Crippen LogP contribution in [0.1, 0.15) is 15.9 Å². The first-order valence-electron chi connectivity index (χ1n) is 7.19. The molecule has 2 aromatic rings. The molecule has 24 heavy (non-hydrogen) atoms. The fourth-order valence-electron chi connectivity index (χ4n) is 2.35. The lowest BCUT2D eigenvalue weighted by Gasteiger charge is -2.13. The van der Waals surface area contributed by atoms with Crippen molar-refractivity contribution >= 4 is 5.78 Å². The minimum atomic E-state index is -0.507. The summed E-state index contributed by atoms with van der Waals surface area (Å²) in [4.78, 5) is 12.5. The maximum Gasteiger partial charge on any atom is 0.203 e. The molecule has 0 saturated carbocycles. The number of ketones is 1. The number of methoxy groups -OCH3 is 4. The zero-order valence-corrected chi connectivity index (χ0v) is 14.0. The van der Waals surface area contributed by atoms with Crippen LogP contribution in [0.5, 0.6) is 23.0 Å². The normalized spacial score (nSPS) is 10.2. The molecule has 0 aliphatic rings. The number of carbonyl (C=O) groups is 1. The molecule has 0 radical (unpaired) electrons. The molecule has 0 bridgehead atoms. The Morgan fingerprint density at radius 2 is 1.46 bits per heavy atom. The number of benzene rings is 2. The Kier molecular flexibility index (Phi) is 5.63. The lowest BCUT2D eigenvalue weighted by atomic mass is 10.0. The second-order valence-electron chi connectivity index (χ2n) is 4.98. The Morgan fingerprint density at radius 1 is 0.875 bits per heavy atom. The van der Waals surface area contributed by atoms with E-state index in [2.05, 4.69) is 0 Å². The van der Waals surface area contributed by atoms with Crippen molar-refractivity contribution in [3.05, 3.63) is 47.3 Å². The van der Waals surface area contributed by atoms with Gasteiger partial charge in [0, 0.05) is 12.0 Å². The van der Waals surface area contributed by atoms with Crippen molar-refractivity contribution in [3.8, 4) is 23.0 Å². The molecule has 0 aliphatic heterocycles. The van der Waals surface area contributed by atoms with E-state index in [0.29, 0.717) is 28.4 Å². The minimum Gasteiger partial charge on any atom is -0.494 e. The van der Waals surface area contributed by atoms with Gasteiger partial charge in [0.25, 0.3) is 0 Å². The van der Waals surface area contributed by atoms with Gasteiger partial charge >= 0.3 is 0 Å². The van der Waals surface area contributed by atoms with Crippen LogP contribution in [-0.2, 0) is 6.42 Å². The molecular weight excluding hydrogens is 315 g/mol. The molecule has 6 heteroatoms. The summed E-state index contributed by atoms with van der Waals surface area (Å²) in [6.45, 7) is 0. The third kappa shape index (κ3) is 3.59. The van der Waals surface area contributed by atoms with Gasteiger partial charge in [0.1, 0.15) is 0 Å². The average Bonchev–Trinajstić information content (AvgIpc) is 2.60. The summed E-state index contributed by atoms with van der Waals surface area (Å²) in [5.41, 5.74) is 0.938. The Labute approximate surface area is 139 Å². The summed E-state index contributed by atoms with van der Waals surface area (Å²) in [6.07, 6.45) is 0.0412. The molecule has 0 aromatic heterocycles. The third-order valence-electron chi connectivity index (χ3n) is 3.57. The number of rotatable bonds is 7. The quantitative estimate of drug-likeness (QED) is 0.727. The van der Waals surface area contributed by atoms with Crippen LogP contribution in [0.25, 0.3) is 0 Å². The summed E-state index contributed by atoms with van der Waals surface area (Å²) in [5, 5.41) is 0. The van der Waals surface area contributed by atoms with E-state index < -0.39 is 5.82 Å². The molecule has 5 nitrogen and oxygen atoms in total. The van der Waals surface area contributed by atoms with Gasteiger partial charge in [-0.2, -0.15) is 0 Å². The predicted molar refractivity (Wildman–Crippen MR) is 87.1 cm³/mol. The molecule has 0 spiro atoms. The second kappa shape index (κ2) is 7.68. The molecule has 0 amide bonds. The van der Waals surface area contributed by atoms with E-state index in [9.17, 15) is 9.18 Å². The second-order valence-corrected chi connectivity index (χ2v) is 4.98. The Balaban J connectivity index is 2.31. The fourth-order valence-corrected chi connectivity index (χ4v) is 2.35. The standard InChI is InChI=1S/C18H19FO5/c1-21-15-6-5-11(7-13(15)19)8-14(20)12-9-16(22-2)18(24-4)17(10-12)23-3/h5-7,9-10H,8H2,1-4H3. The molecule has 0 atom stereocenters. The highest BCUT2D eigenvalue weighted by atomic mass is 19.1. The number of hydrogen-bond donors (Lipinski definition) is 0. The first-order chi connectivity index (χ1) is 11.5. The van der Waals surface area contributed by atoms with Crippen LogP contribution in [0.2, 0.25) is 0 Å². The minimum absolute atomic E-state index is 0.0412. The largest absolute Gasteiger partial charge is 0.494 e. The highest BCUT2D eigenvalue weighted by Gasteiger charge is 2.17. The van der Waals surface area contributed by atoms with Crippen molar-refractivity contribution < 1.29 is 28.1 Å². The predicted octanol–water partition coefficient (Wildman–Crippen LogP) is 3.29. The van der Waals surface area contributed by atoms with E-state index in [0.717, 1.165) is 0 Å². The van der Waals surface area contributed by atoms with Gasteiger partial charge in [-0.05, 0) is 29.8 Å².